The number of amides is 2. The van der Waals surface area contributed by atoms with Gasteiger partial charge < -0.3 is 0 Å². The van der Waals surface area contributed by atoms with E-state index in [9.17, 15) is 14.4 Å². The third-order valence-electron chi connectivity index (χ3n) is 0.996. The summed E-state index contributed by atoms with van der Waals surface area (Å²) in [5.74, 6) is -2.09. The lowest BCUT2D eigenvalue weighted by Crippen LogP contribution is -2.39. The second-order valence-electron chi connectivity index (χ2n) is 2.01. The average molecular weight is 225 g/mol. The van der Waals surface area contributed by atoms with Crippen molar-refractivity contribution in [1.29, 1.82) is 0 Å². The van der Waals surface area contributed by atoms with Crippen molar-refractivity contribution in [3.63, 3.8) is 0 Å². The normalized spacial score (nSPS) is 7.94. The van der Waals surface area contributed by atoms with E-state index in [-0.39, 0.29) is 5.23 Å². The maximum absolute atomic E-state index is 11.0. The molecule has 0 aliphatic heterocycles. The maximum atomic E-state index is 11.0. The van der Waals surface area contributed by atoms with Gasteiger partial charge in [0.15, 0.2) is 0 Å². The summed E-state index contributed by atoms with van der Waals surface area (Å²) in [4.78, 5) is 43.4. The molecular weight excluding hydrogens is 218 g/mol. The molecule has 0 aromatic rings. The van der Waals surface area contributed by atoms with Crippen molar-refractivity contribution >= 4 is 18.0 Å². The first-order chi connectivity index (χ1) is 7.54. The van der Waals surface area contributed by atoms with Gasteiger partial charge >= 0.3 is 18.0 Å². The smallest absolute Gasteiger partial charge is 0.297 e. The SMILES string of the molecule is [C-]#[N+]NC(=O)N(OC(=O)C=C)OC(=O)C=C. The van der Waals surface area contributed by atoms with Gasteiger partial charge in [0, 0.05) is 17.4 Å². The number of carbonyl (C=O) groups excluding carboxylic acids is 3. The summed E-state index contributed by atoms with van der Waals surface area (Å²) < 4.78 is 0. The number of rotatable bonds is 2. The van der Waals surface area contributed by atoms with E-state index in [4.69, 9.17) is 6.57 Å². The monoisotopic (exact) mass is 225 g/mol. The van der Waals surface area contributed by atoms with E-state index >= 15 is 0 Å². The molecule has 16 heavy (non-hydrogen) atoms. The predicted molar refractivity (Wildman–Crippen MR) is 49.6 cm³/mol. The molecule has 2 amide bonds. The zero-order chi connectivity index (χ0) is 12.6. The second kappa shape index (κ2) is 6.61. The molecule has 0 radical (unpaired) electrons. The summed E-state index contributed by atoms with van der Waals surface area (Å²) in [6.45, 7) is 12.5. The first-order valence-corrected chi connectivity index (χ1v) is 3.70. The second-order valence-corrected chi connectivity index (χ2v) is 2.01. The van der Waals surface area contributed by atoms with Crippen LogP contribution in [-0.2, 0) is 19.3 Å². The number of urea groups is 1. The summed E-state index contributed by atoms with van der Waals surface area (Å²) in [5, 5.41) is -0.0912. The number of nitrogens with one attached hydrogen (secondary N) is 1. The summed E-state index contributed by atoms with van der Waals surface area (Å²) in [5.41, 5.74) is 1.56. The van der Waals surface area contributed by atoms with Crippen LogP contribution >= 0.6 is 0 Å². The van der Waals surface area contributed by atoms with E-state index in [2.05, 4.69) is 27.8 Å². The highest BCUT2D eigenvalue weighted by Crippen LogP contribution is 1.97. The molecule has 0 atom stereocenters. The van der Waals surface area contributed by atoms with Gasteiger partial charge in [-0.05, 0) is 5.43 Å². The van der Waals surface area contributed by atoms with Gasteiger partial charge in [0.05, 0.1) is 0 Å². The van der Waals surface area contributed by atoms with Gasteiger partial charge in [-0.25, -0.2) is 14.4 Å². The highest BCUT2D eigenvalue weighted by atomic mass is 17.0. The lowest BCUT2D eigenvalue weighted by molar-refractivity contribution is -0.284. The minimum Gasteiger partial charge on any atom is -0.297 e. The van der Waals surface area contributed by atoms with Crippen LogP contribution in [0.3, 0.4) is 0 Å². The quantitative estimate of drug-likeness (QED) is 0.409. The highest BCUT2D eigenvalue weighted by Gasteiger charge is 2.23. The molecule has 0 unspecified atom stereocenters. The van der Waals surface area contributed by atoms with Crippen molar-refractivity contribution < 1.29 is 24.1 Å². The Morgan fingerprint density at radius 3 is 1.94 bits per heavy atom. The first-order valence-electron chi connectivity index (χ1n) is 3.70. The number of hydrogen-bond donors (Lipinski definition) is 1. The minimum absolute atomic E-state index is 0.0912. The Kier molecular flexibility index (Phi) is 5.44. The van der Waals surface area contributed by atoms with Crippen molar-refractivity contribution in [2.24, 2.45) is 0 Å². The number of nitrogens with zero attached hydrogens (tertiary/aromatic N) is 2. The van der Waals surface area contributed by atoms with Crippen molar-refractivity contribution in [2.45, 2.75) is 0 Å². The van der Waals surface area contributed by atoms with Crippen LogP contribution in [0.15, 0.2) is 25.3 Å². The molecule has 84 valence electrons. The Bertz CT molecular complexity index is 348. The summed E-state index contributed by atoms with van der Waals surface area (Å²) in [7, 11) is 0. The fraction of sp³-hybridized carbons (Fsp3) is 0. The van der Waals surface area contributed by atoms with Crippen LogP contribution in [0.5, 0.6) is 0 Å². The molecule has 0 saturated carbocycles. The van der Waals surface area contributed by atoms with E-state index in [1.54, 1.807) is 5.43 Å². The summed E-state index contributed by atoms with van der Waals surface area (Å²) in [6.07, 6.45) is 1.47. The lowest BCUT2D eigenvalue weighted by Gasteiger charge is -2.14. The topological polar surface area (TPSA) is 89.3 Å². The van der Waals surface area contributed by atoms with Crippen LogP contribution in [0, 0.1) is 6.57 Å². The fourth-order valence-electron chi connectivity index (χ4n) is 0.428. The van der Waals surface area contributed by atoms with Gasteiger partial charge in [0.1, 0.15) is 0 Å². The molecule has 8 heteroatoms. The molecule has 0 heterocycles. The van der Waals surface area contributed by atoms with E-state index in [0.717, 1.165) is 12.2 Å². The molecule has 0 fully saturated rings. The zero-order valence-corrected chi connectivity index (χ0v) is 8.00. The average Bonchev–Trinajstić information content (AvgIpc) is 2.27. The van der Waals surface area contributed by atoms with Crippen LogP contribution in [0.4, 0.5) is 4.79 Å². The van der Waals surface area contributed by atoms with Gasteiger partial charge in [-0.3, -0.25) is 9.68 Å². The minimum atomic E-state index is -1.25. The molecule has 0 aromatic carbocycles. The van der Waals surface area contributed by atoms with E-state index < -0.39 is 18.0 Å². The van der Waals surface area contributed by atoms with Crippen molar-refractivity contribution in [1.82, 2.24) is 10.7 Å². The van der Waals surface area contributed by atoms with Gasteiger partial charge in [-0.15, -0.1) is 0 Å². The number of hydrogen-bond acceptors (Lipinski definition) is 5. The third kappa shape index (κ3) is 4.43. The Labute approximate surface area is 90.4 Å². The molecule has 0 aliphatic rings. The maximum Gasteiger partial charge on any atom is 0.452 e. The highest BCUT2D eigenvalue weighted by molar-refractivity contribution is 5.85. The fourth-order valence-corrected chi connectivity index (χ4v) is 0.428. The third-order valence-corrected chi connectivity index (χ3v) is 0.996. The molecule has 0 saturated heterocycles. The van der Waals surface area contributed by atoms with Gasteiger partial charge in [-0.2, -0.15) is 11.5 Å². The van der Waals surface area contributed by atoms with E-state index in [1.807, 2.05) is 0 Å². The standard InChI is InChI=1S/C8H7N3O5/c1-4-6(12)15-11(8(14)10-9-3)16-7(13)5-2/h4-5H,1-2H2,(H,10,14). The lowest BCUT2D eigenvalue weighted by atomic mass is 10.7. The van der Waals surface area contributed by atoms with E-state index in [1.165, 1.54) is 0 Å². The van der Waals surface area contributed by atoms with E-state index in [0.29, 0.717) is 0 Å². The first kappa shape index (κ1) is 13.2. The molecule has 1 N–H and O–H groups in total. The molecular formula is C8H7N3O5. The van der Waals surface area contributed by atoms with Crippen molar-refractivity contribution in [3.8, 4) is 0 Å². The molecule has 8 nitrogen and oxygen atoms in total. The Morgan fingerprint density at radius 1 is 1.19 bits per heavy atom. The molecule has 0 aliphatic carbocycles. The Hall–Kier alpha value is -2.82. The van der Waals surface area contributed by atoms with Crippen molar-refractivity contribution in [3.05, 3.63) is 36.8 Å². The molecule has 0 spiro atoms. The van der Waals surface area contributed by atoms with Crippen LogP contribution < -0.4 is 5.43 Å². The molecule has 0 rings (SSSR count). The predicted octanol–water partition coefficient (Wildman–Crippen LogP) is 0.121. The van der Waals surface area contributed by atoms with Crippen molar-refractivity contribution in [2.75, 3.05) is 0 Å². The zero-order valence-electron chi connectivity index (χ0n) is 8.00. The Balaban J connectivity index is 4.62. The largest absolute Gasteiger partial charge is 0.452 e. The number of carbonyl (C=O) groups is 3. The van der Waals surface area contributed by atoms with Crippen LogP contribution in [0.2, 0.25) is 0 Å². The van der Waals surface area contributed by atoms with Crippen LogP contribution in [0.25, 0.3) is 4.95 Å². The van der Waals surface area contributed by atoms with Gasteiger partial charge in [-0.1, -0.05) is 13.2 Å². The summed E-state index contributed by atoms with van der Waals surface area (Å²) in [6, 6.07) is -1.25. The Morgan fingerprint density at radius 2 is 1.62 bits per heavy atom. The number of hydroxylamine groups is 2. The van der Waals surface area contributed by atoms with Gasteiger partial charge in [0.25, 0.3) is 0 Å². The van der Waals surface area contributed by atoms with Crippen LogP contribution in [0.1, 0.15) is 0 Å². The van der Waals surface area contributed by atoms with Crippen LogP contribution in [-0.4, -0.2) is 23.2 Å². The van der Waals surface area contributed by atoms with Gasteiger partial charge in [0.2, 0.25) is 0 Å². The summed E-state index contributed by atoms with van der Waals surface area (Å²) >= 11 is 0. The molecule has 0 aromatic heterocycles. The molecule has 0 bridgehead atoms.